The topological polar surface area (TPSA) is 83.5 Å². The molecule has 0 radical (unpaired) electrons. The molecular formula is C12H15F2NO4S. The molecule has 0 aliphatic carbocycles. The number of nitrogens with one attached hydrogen (secondary N) is 1. The summed E-state index contributed by atoms with van der Waals surface area (Å²) in [5.41, 5.74) is 0. The number of carboxylic acids is 1. The van der Waals surface area contributed by atoms with E-state index in [0.29, 0.717) is 18.6 Å². The van der Waals surface area contributed by atoms with Gasteiger partial charge in [-0.2, -0.15) is 0 Å². The average Bonchev–Trinajstić information content (AvgIpc) is 2.37. The highest BCUT2D eigenvalue weighted by molar-refractivity contribution is 7.89. The van der Waals surface area contributed by atoms with Crippen LogP contribution in [0.3, 0.4) is 0 Å². The van der Waals surface area contributed by atoms with Crippen molar-refractivity contribution in [3.05, 3.63) is 29.8 Å². The molecule has 0 amide bonds. The Morgan fingerprint density at radius 2 is 2.05 bits per heavy atom. The molecule has 20 heavy (non-hydrogen) atoms. The molecule has 0 aliphatic heterocycles. The van der Waals surface area contributed by atoms with Crippen LogP contribution in [0.4, 0.5) is 8.78 Å². The van der Waals surface area contributed by atoms with Crippen molar-refractivity contribution in [2.24, 2.45) is 5.92 Å². The maximum atomic E-state index is 13.4. The minimum absolute atomic E-state index is 0.281. The number of benzene rings is 1. The summed E-state index contributed by atoms with van der Waals surface area (Å²) >= 11 is 0. The van der Waals surface area contributed by atoms with Crippen LogP contribution in [0.25, 0.3) is 0 Å². The van der Waals surface area contributed by atoms with Crippen LogP contribution in [0.5, 0.6) is 0 Å². The van der Waals surface area contributed by atoms with Gasteiger partial charge in [-0.1, -0.05) is 13.3 Å². The Morgan fingerprint density at radius 1 is 1.40 bits per heavy atom. The van der Waals surface area contributed by atoms with Gasteiger partial charge in [0.25, 0.3) is 0 Å². The van der Waals surface area contributed by atoms with E-state index in [-0.39, 0.29) is 13.0 Å². The number of halogens is 2. The van der Waals surface area contributed by atoms with Crippen LogP contribution in [-0.4, -0.2) is 26.0 Å². The second-order valence-corrected chi connectivity index (χ2v) is 5.99. The number of aliphatic carboxylic acids is 1. The Kier molecular flexibility index (Phi) is 5.58. The van der Waals surface area contributed by atoms with E-state index in [0.717, 1.165) is 6.07 Å². The minimum Gasteiger partial charge on any atom is -0.481 e. The molecule has 112 valence electrons. The molecule has 0 aromatic heterocycles. The maximum absolute atomic E-state index is 13.4. The van der Waals surface area contributed by atoms with Gasteiger partial charge in [0, 0.05) is 6.54 Å². The molecule has 1 aromatic rings. The van der Waals surface area contributed by atoms with Crippen molar-refractivity contribution in [3.8, 4) is 0 Å². The van der Waals surface area contributed by atoms with Gasteiger partial charge in [-0.15, -0.1) is 0 Å². The SMILES string of the molecule is CCCC(CNS(=O)(=O)c1cc(F)ccc1F)C(=O)O. The van der Waals surface area contributed by atoms with Crippen LogP contribution in [0.15, 0.2) is 23.1 Å². The Bertz CT molecular complexity index is 589. The Hall–Kier alpha value is -1.54. The highest BCUT2D eigenvalue weighted by atomic mass is 32.2. The van der Waals surface area contributed by atoms with E-state index in [4.69, 9.17) is 5.11 Å². The zero-order valence-electron chi connectivity index (χ0n) is 10.8. The van der Waals surface area contributed by atoms with Crippen LogP contribution in [-0.2, 0) is 14.8 Å². The maximum Gasteiger partial charge on any atom is 0.307 e. The van der Waals surface area contributed by atoms with Crippen molar-refractivity contribution < 1.29 is 27.1 Å². The van der Waals surface area contributed by atoms with Crippen LogP contribution in [0.2, 0.25) is 0 Å². The lowest BCUT2D eigenvalue weighted by Gasteiger charge is -2.13. The third-order valence-corrected chi connectivity index (χ3v) is 4.13. The Balaban J connectivity index is 2.89. The molecule has 5 nitrogen and oxygen atoms in total. The summed E-state index contributed by atoms with van der Waals surface area (Å²) in [4.78, 5) is 10.1. The predicted octanol–water partition coefficient (Wildman–Crippen LogP) is 1.74. The lowest BCUT2D eigenvalue weighted by Crippen LogP contribution is -2.33. The van der Waals surface area contributed by atoms with Crippen LogP contribution >= 0.6 is 0 Å². The first-order valence-corrected chi connectivity index (χ1v) is 7.43. The van der Waals surface area contributed by atoms with Crippen molar-refractivity contribution in [2.45, 2.75) is 24.7 Å². The Labute approximate surface area is 115 Å². The largest absolute Gasteiger partial charge is 0.481 e. The third-order valence-electron chi connectivity index (χ3n) is 2.69. The normalized spacial score (nSPS) is 13.2. The first-order chi connectivity index (χ1) is 9.27. The number of hydrogen-bond donors (Lipinski definition) is 2. The third kappa shape index (κ3) is 4.24. The monoisotopic (exact) mass is 307 g/mol. The molecular weight excluding hydrogens is 292 g/mol. The summed E-state index contributed by atoms with van der Waals surface area (Å²) in [7, 11) is -4.29. The highest BCUT2D eigenvalue weighted by Gasteiger charge is 2.23. The summed E-state index contributed by atoms with van der Waals surface area (Å²) in [5.74, 6) is -4.04. The summed E-state index contributed by atoms with van der Waals surface area (Å²) in [6.45, 7) is 1.39. The lowest BCUT2D eigenvalue weighted by molar-refractivity contribution is -0.141. The summed E-state index contributed by atoms with van der Waals surface area (Å²) < 4.78 is 52.0. The molecule has 1 rings (SSSR count). The van der Waals surface area contributed by atoms with Crippen LogP contribution < -0.4 is 4.72 Å². The van der Waals surface area contributed by atoms with E-state index in [9.17, 15) is 22.0 Å². The molecule has 0 spiro atoms. The fraction of sp³-hybridized carbons (Fsp3) is 0.417. The van der Waals surface area contributed by atoms with Gasteiger partial charge in [0.1, 0.15) is 16.5 Å². The molecule has 1 unspecified atom stereocenters. The van der Waals surface area contributed by atoms with Crippen LogP contribution in [0, 0.1) is 17.6 Å². The first kappa shape index (κ1) is 16.5. The zero-order chi connectivity index (χ0) is 15.3. The zero-order valence-corrected chi connectivity index (χ0v) is 11.6. The average molecular weight is 307 g/mol. The van der Waals surface area contributed by atoms with Gasteiger partial charge in [-0.25, -0.2) is 21.9 Å². The van der Waals surface area contributed by atoms with E-state index in [2.05, 4.69) is 0 Å². The fourth-order valence-electron chi connectivity index (χ4n) is 1.63. The minimum atomic E-state index is -4.29. The molecule has 0 fully saturated rings. The van der Waals surface area contributed by atoms with Gasteiger partial charge >= 0.3 is 5.97 Å². The molecule has 2 N–H and O–H groups in total. The molecule has 1 atom stereocenters. The van der Waals surface area contributed by atoms with Gasteiger partial charge in [0.2, 0.25) is 10.0 Å². The number of hydrogen-bond acceptors (Lipinski definition) is 3. The molecule has 0 aliphatic rings. The van der Waals surface area contributed by atoms with Gasteiger partial charge in [-0.05, 0) is 24.6 Å². The molecule has 0 heterocycles. The van der Waals surface area contributed by atoms with Crippen molar-refractivity contribution in [1.82, 2.24) is 4.72 Å². The number of rotatable bonds is 7. The van der Waals surface area contributed by atoms with Gasteiger partial charge in [0.15, 0.2) is 0 Å². The summed E-state index contributed by atoms with van der Waals surface area (Å²) in [5, 5.41) is 8.90. The number of carboxylic acid groups (broad SMARTS) is 1. The highest BCUT2D eigenvalue weighted by Crippen LogP contribution is 2.16. The van der Waals surface area contributed by atoms with Crippen LogP contribution in [0.1, 0.15) is 19.8 Å². The van der Waals surface area contributed by atoms with E-state index in [1.54, 1.807) is 6.92 Å². The van der Waals surface area contributed by atoms with E-state index in [1.807, 2.05) is 4.72 Å². The fourth-order valence-corrected chi connectivity index (χ4v) is 2.80. The van der Waals surface area contributed by atoms with Crippen molar-refractivity contribution >= 4 is 16.0 Å². The smallest absolute Gasteiger partial charge is 0.307 e. The number of sulfonamides is 1. The van der Waals surface area contributed by atoms with Crippen molar-refractivity contribution in [1.29, 1.82) is 0 Å². The van der Waals surface area contributed by atoms with Gasteiger partial charge in [-0.3, -0.25) is 4.79 Å². The van der Waals surface area contributed by atoms with Gasteiger partial charge in [0.05, 0.1) is 5.92 Å². The molecule has 8 heteroatoms. The quantitative estimate of drug-likeness (QED) is 0.804. The standard InChI is InChI=1S/C12H15F2NO4S/c1-2-3-8(12(16)17)7-15-20(18,19)11-6-9(13)4-5-10(11)14/h4-6,8,15H,2-3,7H2,1H3,(H,16,17). The first-order valence-electron chi connectivity index (χ1n) is 5.95. The van der Waals surface area contributed by atoms with E-state index < -0.39 is 38.4 Å². The molecule has 0 bridgehead atoms. The second-order valence-electron chi connectivity index (χ2n) is 4.25. The summed E-state index contributed by atoms with van der Waals surface area (Å²) in [6.07, 6.45) is 0.844. The van der Waals surface area contributed by atoms with E-state index in [1.165, 1.54) is 0 Å². The van der Waals surface area contributed by atoms with Gasteiger partial charge < -0.3 is 5.11 Å². The Morgan fingerprint density at radius 3 is 2.60 bits per heavy atom. The lowest BCUT2D eigenvalue weighted by atomic mass is 10.1. The predicted molar refractivity (Wildman–Crippen MR) is 67.6 cm³/mol. The molecule has 1 aromatic carbocycles. The number of carbonyl (C=O) groups is 1. The second kappa shape index (κ2) is 6.76. The molecule has 0 saturated heterocycles. The van der Waals surface area contributed by atoms with E-state index >= 15 is 0 Å². The molecule has 0 saturated carbocycles. The van der Waals surface area contributed by atoms with Crippen molar-refractivity contribution in [3.63, 3.8) is 0 Å². The summed E-state index contributed by atoms with van der Waals surface area (Å²) in [6, 6.07) is 2.05. The van der Waals surface area contributed by atoms with Crippen molar-refractivity contribution in [2.75, 3.05) is 6.54 Å².